The van der Waals surface area contributed by atoms with Crippen molar-refractivity contribution >= 4 is 5.91 Å². The van der Waals surface area contributed by atoms with E-state index in [9.17, 15) is 9.90 Å². The molecule has 1 aliphatic carbocycles. The quantitative estimate of drug-likeness (QED) is 0.811. The van der Waals surface area contributed by atoms with E-state index in [4.69, 9.17) is 0 Å². The lowest BCUT2D eigenvalue weighted by molar-refractivity contribution is -0.124. The number of amides is 1. The molecule has 0 aliphatic heterocycles. The molecule has 1 saturated carbocycles. The van der Waals surface area contributed by atoms with Crippen LogP contribution in [0.1, 0.15) is 54.9 Å². The van der Waals surface area contributed by atoms with Crippen LogP contribution in [0, 0.1) is 22.2 Å². The molecule has 1 unspecified atom stereocenters. The molecule has 0 radical (unpaired) electrons. The standard InChI is InChI=1S/C15H29NO2/c1-13(2,3)8-10(17)9-16-12(18)11-14(4,5)15(11,6)7/h10-11,17H,8-9H2,1-7H3,(H,16,18). The van der Waals surface area contributed by atoms with E-state index in [1.807, 2.05) is 0 Å². The number of carbonyl (C=O) groups is 1. The number of nitrogens with one attached hydrogen (secondary N) is 1. The van der Waals surface area contributed by atoms with Crippen molar-refractivity contribution in [2.24, 2.45) is 22.2 Å². The second-order valence-electron chi connectivity index (χ2n) is 8.04. The largest absolute Gasteiger partial charge is 0.391 e. The molecule has 1 atom stereocenters. The third kappa shape index (κ3) is 3.05. The maximum Gasteiger partial charge on any atom is 0.224 e. The lowest BCUT2D eigenvalue weighted by Crippen LogP contribution is -2.36. The first kappa shape index (κ1) is 15.5. The Morgan fingerprint density at radius 3 is 2.00 bits per heavy atom. The van der Waals surface area contributed by atoms with Crippen molar-refractivity contribution in [1.82, 2.24) is 5.32 Å². The number of rotatable bonds is 4. The highest BCUT2D eigenvalue weighted by Gasteiger charge is 2.68. The third-order valence-corrected chi connectivity index (χ3v) is 4.64. The van der Waals surface area contributed by atoms with Crippen LogP contribution in [0.2, 0.25) is 0 Å². The molecule has 3 nitrogen and oxygen atoms in total. The minimum Gasteiger partial charge on any atom is -0.391 e. The van der Waals surface area contributed by atoms with Crippen LogP contribution in [0.5, 0.6) is 0 Å². The van der Waals surface area contributed by atoms with Gasteiger partial charge in [0.05, 0.1) is 6.10 Å². The smallest absolute Gasteiger partial charge is 0.224 e. The Morgan fingerprint density at radius 1 is 1.22 bits per heavy atom. The summed E-state index contributed by atoms with van der Waals surface area (Å²) < 4.78 is 0. The highest BCUT2D eigenvalue weighted by molar-refractivity contribution is 5.84. The number of hydrogen-bond donors (Lipinski definition) is 2. The highest BCUT2D eigenvalue weighted by atomic mass is 16.3. The van der Waals surface area contributed by atoms with E-state index in [1.54, 1.807) is 0 Å². The van der Waals surface area contributed by atoms with E-state index in [-0.39, 0.29) is 28.1 Å². The topological polar surface area (TPSA) is 49.3 Å². The molecule has 106 valence electrons. The van der Waals surface area contributed by atoms with Gasteiger partial charge in [0.2, 0.25) is 5.91 Å². The van der Waals surface area contributed by atoms with E-state index < -0.39 is 6.10 Å². The second-order valence-corrected chi connectivity index (χ2v) is 8.04. The van der Waals surface area contributed by atoms with Crippen LogP contribution in [0.3, 0.4) is 0 Å². The van der Waals surface area contributed by atoms with Gasteiger partial charge in [-0.05, 0) is 22.7 Å². The SMILES string of the molecule is CC(C)(C)CC(O)CNC(=O)C1C(C)(C)C1(C)C. The van der Waals surface area contributed by atoms with Gasteiger partial charge in [-0.15, -0.1) is 0 Å². The molecule has 1 aliphatic rings. The minimum atomic E-state index is -0.459. The van der Waals surface area contributed by atoms with Crippen LogP contribution in [-0.4, -0.2) is 23.7 Å². The Kier molecular flexibility index (Phi) is 3.89. The van der Waals surface area contributed by atoms with E-state index in [2.05, 4.69) is 53.8 Å². The van der Waals surface area contributed by atoms with Gasteiger partial charge in [0.25, 0.3) is 0 Å². The van der Waals surface area contributed by atoms with Crippen LogP contribution < -0.4 is 5.32 Å². The molecule has 0 spiro atoms. The highest BCUT2D eigenvalue weighted by Crippen LogP contribution is 2.68. The zero-order valence-electron chi connectivity index (χ0n) is 12.9. The lowest BCUT2D eigenvalue weighted by Gasteiger charge is -2.22. The summed E-state index contributed by atoms with van der Waals surface area (Å²) in [6.45, 7) is 15.1. The zero-order valence-corrected chi connectivity index (χ0v) is 12.9. The molecule has 0 aromatic heterocycles. The minimum absolute atomic E-state index is 0.0616. The second kappa shape index (κ2) is 4.52. The summed E-state index contributed by atoms with van der Waals surface area (Å²) in [4.78, 5) is 12.1. The Labute approximate surface area is 111 Å². The lowest BCUT2D eigenvalue weighted by atomic mass is 9.89. The summed E-state index contributed by atoms with van der Waals surface area (Å²) in [6, 6.07) is 0. The van der Waals surface area contributed by atoms with Gasteiger partial charge in [0.1, 0.15) is 0 Å². The van der Waals surface area contributed by atoms with Gasteiger partial charge < -0.3 is 10.4 Å². The van der Waals surface area contributed by atoms with E-state index in [0.29, 0.717) is 13.0 Å². The molecular formula is C15H29NO2. The van der Waals surface area contributed by atoms with Crippen LogP contribution in [0.4, 0.5) is 0 Å². The van der Waals surface area contributed by atoms with Gasteiger partial charge in [-0.25, -0.2) is 0 Å². The monoisotopic (exact) mass is 255 g/mol. The van der Waals surface area contributed by atoms with Crippen molar-refractivity contribution in [3.8, 4) is 0 Å². The maximum atomic E-state index is 12.1. The molecule has 0 heterocycles. The van der Waals surface area contributed by atoms with Crippen molar-refractivity contribution in [1.29, 1.82) is 0 Å². The predicted molar refractivity (Wildman–Crippen MR) is 74.1 cm³/mol. The van der Waals surface area contributed by atoms with Crippen LogP contribution in [0.25, 0.3) is 0 Å². The fraction of sp³-hybridized carbons (Fsp3) is 0.933. The number of aliphatic hydroxyl groups is 1. The fourth-order valence-corrected chi connectivity index (χ4v) is 2.95. The Balaban J connectivity index is 2.40. The van der Waals surface area contributed by atoms with Gasteiger partial charge >= 0.3 is 0 Å². The number of aliphatic hydroxyl groups excluding tert-OH is 1. The fourth-order valence-electron chi connectivity index (χ4n) is 2.95. The van der Waals surface area contributed by atoms with Crippen molar-refractivity contribution in [2.45, 2.75) is 61.0 Å². The van der Waals surface area contributed by atoms with Gasteiger partial charge in [-0.1, -0.05) is 48.5 Å². The molecule has 1 amide bonds. The molecule has 0 aromatic rings. The summed E-state index contributed by atoms with van der Waals surface area (Å²) >= 11 is 0. The first-order valence-electron chi connectivity index (χ1n) is 6.85. The van der Waals surface area contributed by atoms with Crippen LogP contribution >= 0.6 is 0 Å². The van der Waals surface area contributed by atoms with Gasteiger partial charge in [-0.3, -0.25) is 4.79 Å². The van der Waals surface area contributed by atoms with Crippen molar-refractivity contribution in [3.63, 3.8) is 0 Å². The van der Waals surface area contributed by atoms with Gasteiger partial charge in [0, 0.05) is 12.5 Å². The molecule has 0 saturated heterocycles. The molecular weight excluding hydrogens is 226 g/mol. The normalized spacial score (nSPS) is 23.6. The first-order chi connectivity index (χ1) is 7.89. The molecule has 1 fully saturated rings. The molecule has 0 aromatic carbocycles. The summed E-state index contributed by atoms with van der Waals surface area (Å²) in [5, 5.41) is 12.8. The average Bonchev–Trinajstić information content (AvgIpc) is 2.51. The molecule has 18 heavy (non-hydrogen) atoms. The summed E-state index contributed by atoms with van der Waals surface area (Å²) in [7, 11) is 0. The van der Waals surface area contributed by atoms with E-state index in [1.165, 1.54) is 0 Å². The Hall–Kier alpha value is -0.570. The summed E-state index contributed by atoms with van der Waals surface area (Å²) in [6.07, 6.45) is 0.240. The molecule has 0 bridgehead atoms. The predicted octanol–water partition coefficient (Wildman–Crippen LogP) is 2.58. The molecule has 2 N–H and O–H groups in total. The number of carbonyl (C=O) groups excluding carboxylic acids is 1. The molecule has 3 heteroatoms. The van der Waals surface area contributed by atoms with Crippen molar-refractivity contribution < 1.29 is 9.90 Å². The Bertz CT molecular complexity index is 312. The molecule has 1 rings (SSSR count). The van der Waals surface area contributed by atoms with Crippen molar-refractivity contribution in [2.75, 3.05) is 6.54 Å². The van der Waals surface area contributed by atoms with Gasteiger partial charge in [0.15, 0.2) is 0 Å². The Morgan fingerprint density at radius 2 is 1.67 bits per heavy atom. The van der Waals surface area contributed by atoms with Crippen LogP contribution in [-0.2, 0) is 4.79 Å². The summed E-state index contributed by atoms with van der Waals surface area (Å²) in [5.74, 6) is 0.143. The van der Waals surface area contributed by atoms with E-state index >= 15 is 0 Å². The zero-order chi connectivity index (χ0) is 14.4. The summed E-state index contributed by atoms with van der Waals surface area (Å²) in [5.41, 5.74) is 0.209. The van der Waals surface area contributed by atoms with Gasteiger partial charge in [-0.2, -0.15) is 0 Å². The van der Waals surface area contributed by atoms with E-state index in [0.717, 1.165) is 0 Å². The third-order valence-electron chi connectivity index (χ3n) is 4.64. The first-order valence-corrected chi connectivity index (χ1v) is 6.85. The maximum absolute atomic E-state index is 12.1. The van der Waals surface area contributed by atoms with Crippen LogP contribution in [0.15, 0.2) is 0 Å². The average molecular weight is 255 g/mol. The number of hydrogen-bond acceptors (Lipinski definition) is 2. The van der Waals surface area contributed by atoms with Crippen molar-refractivity contribution in [3.05, 3.63) is 0 Å².